The predicted molar refractivity (Wildman–Crippen MR) is 103 cm³/mol. The van der Waals surface area contributed by atoms with E-state index in [-0.39, 0.29) is 12.0 Å². The van der Waals surface area contributed by atoms with Gasteiger partial charge in [0.1, 0.15) is 12.4 Å². The molecule has 1 N–H and O–H groups in total. The first-order valence-corrected chi connectivity index (χ1v) is 9.18. The first-order valence-electron chi connectivity index (χ1n) is 7.73. The van der Waals surface area contributed by atoms with E-state index in [4.69, 9.17) is 21.1 Å². The van der Waals surface area contributed by atoms with Crippen molar-refractivity contribution in [3.63, 3.8) is 0 Å². The van der Waals surface area contributed by atoms with Gasteiger partial charge < -0.3 is 14.8 Å². The van der Waals surface area contributed by atoms with Crippen molar-refractivity contribution in [3.05, 3.63) is 56.6 Å². The molecule has 3 rings (SSSR count). The maximum atomic E-state index is 12.4. The van der Waals surface area contributed by atoms with Crippen molar-refractivity contribution in [1.29, 1.82) is 0 Å². The molecule has 2 aromatic carbocycles. The number of carbonyl (C=O) groups excluding carboxylic acids is 1. The smallest absolute Gasteiger partial charge is 0.256 e. The zero-order valence-corrected chi connectivity index (χ0v) is 15.8. The van der Waals surface area contributed by atoms with Gasteiger partial charge in [0.25, 0.3) is 5.91 Å². The minimum absolute atomic E-state index is 0.166. The average Bonchev–Trinajstić information content (AvgIpc) is 3.06. The molecule has 1 aliphatic rings. The summed E-state index contributed by atoms with van der Waals surface area (Å²) in [6.45, 7) is 1.34. The Morgan fingerprint density at radius 2 is 2.21 bits per heavy atom. The molecule has 0 spiro atoms. The van der Waals surface area contributed by atoms with E-state index >= 15 is 0 Å². The predicted octanol–water partition coefficient (Wildman–Crippen LogP) is 4.75. The first-order chi connectivity index (χ1) is 11.6. The number of rotatable bonds is 5. The molecule has 0 bridgehead atoms. The zero-order valence-electron chi connectivity index (χ0n) is 12.9. The highest BCUT2D eigenvalue weighted by Crippen LogP contribution is 2.22. The summed E-state index contributed by atoms with van der Waals surface area (Å²) in [5.74, 6) is 0.543. The Balaban J connectivity index is 1.64. The fraction of sp³-hybridized carbons (Fsp3) is 0.278. The Hall–Kier alpha value is -1.31. The Kier molecular flexibility index (Phi) is 5.97. The van der Waals surface area contributed by atoms with Crippen molar-refractivity contribution in [2.45, 2.75) is 18.9 Å². The van der Waals surface area contributed by atoms with Crippen LogP contribution in [0.2, 0.25) is 5.02 Å². The number of hydrogen-bond donors (Lipinski definition) is 1. The maximum absolute atomic E-state index is 12.4. The molecule has 0 radical (unpaired) electrons. The fourth-order valence-corrected chi connectivity index (χ4v) is 3.62. The van der Waals surface area contributed by atoms with Crippen molar-refractivity contribution >= 4 is 45.8 Å². The molecule has 24 heavy (non-hydrogen) atoms. The second kappa shape index (κ2) is 8.18. The van der Waals surface area contributed by atoms with Crippen molar-refractivity contribution in [1.82, 2.24) is 0 Å². The Bertz CT molecular complexity index is 732. The van der Waals surface area contributed by atoms with Gasteiger partial charge >= 0.3 is 0 Å². The molecule has 0 aliphatic carbocycles. The van der Waals surface area contributed by atoms with Gasteiger partial charge in [-0.05, 0) is 65.8 Å². The van der Waals surface area contributed by atoms with Gasteiger partial charge in [0.15, 0.2) is 0 Å². The van der Waals surface area contributed by atoms with Crippen molar-refractivity contribution in [2.75, 3.05) is 18.5 Å². The standard InChI is InChI=1S/C18H17ClINO3/c19-12-6-7-16(17(20)9-12)18(22)21-13-3-1-4-14(10-13)24-11-15-5-2-8-23-15/h1,3-4,6-7,9-10,15H,2,5,8,11H2,(H,21,22). The lowest BCUT2D eigenvalue weighted by Crippen LogP contribution is -2.16. The molecular weight excluding hydrogens is 441 g/mol. The van der Waals surface area contributed by atoms with Gasteiger partial charge in [-0.2, -0.15) is 0 Å². The summed E-state index contributed by atoms with van der Waals surface area (Å²) in [6.07, 6.45) is 2.29. The van der Waals surface area contributed by atoms with E-state index in [1.165, 1.54) is 0 Å². The molecule has 126 valence electrons. The van der Waals surface area contributed by atoms with E-state index in [1.807, 2.05) is 24.3 Å². The van der Waals surface area contributed by atoms with Crippen LogP contribution in [0.25, 0.3) is 0 Å². The van der Waals surface area contributed by atoms with Gasteiger partial charge in [0, 0.05) is 27.0 Å². The number of nitrogens with one attached hydrogen (secondary N) is 1. The lowest BCUT2D eigenvalue weighted by atomic mass is 10.2. The molecule has 1 heterocycles. The van der Waals surface area contributed by atoms with E-state index in [2.05, 4.69) is 27.9 Å². The molecule has 1 aliphatic heterocycles. The van der Waals surface area contributed by atoms with Gasteiger partial charge in [0.2, 0.25) is 0 Å². The largest absolute Gasteiger partial charge is 0.491 e. The van der Waals surface area contributed by atoms with Crippen molar-refractivity contribution < 1.29 is 14.3 Å². The first kappa shape index (κ1) is 17.5. The highest BCUT2D eigenvalue weighted by molar-refractivity contribution is 14.1. The molecule has 2 aromatic rings. The van der Waals surface area contributed by atoms with Crippen LogP contribution in [0.15, 0.2) is 42.5 Å². The lowest BCUT2D eigenvalue weighted by molar-refractivity contribution is 0.0680. The second-order valence-corrected chi connectivity index (χ2v) is 7.15. The molecule has 0 aromatic heterocycles. The zero-order chi connectivity index (χ0) is 16.9. The molecule has 1 saturated heterocycles. The van der Waals surface area contributed by atoms with Crippen LogP contribution in [0.4, 0.5) is 5.69 Å². The molecule has 0 saturated carbocycles. The number of ether oxygens (including phenoxy) is 2. The summed E-state index contributed by atoms with van der Waals surface area (Å²) >= 11 is 8.03. The third kappa shape index (κ3) is 4.62. The third-order valence-corrected chi connectivity index (χ3v) is 4.86. The van der Waals surface area contributed by atoms with Gasteiger partial charge in [-0.3, -0.25) is 4.79 Å². The van der Waals surface area contributed by atoms with Crippen LogP contribution in [0, 0.1) is 3.57 Å². The van der Waals surface area contributed by atoms with Crippen molar-refractivity contribution in [2.24, 2.45) is 0 Å². The van der Waals surface area contributed by atoms with Crippen molar-refractivity contribution in [3.8, 4) is 5.75 Å². The van der Waals surface area contributed by atoms with Crippen LogP contribution in [-0.2, 0) is 4.74 Å². The summed E-state index contributed by atoms with van der Waals surface area (Å²) in [5, 5.41) is 3.50. The van der Waals surface area contributed by atoms with Crippen LogP contribution < -0.4 is 10.1 Å². The van der Waals surface area contributed by atoms with Crippen LogP contribution in [-0.4, -0.2) is 25.2 Å². The topological polar surface area (TPSA) is 47.6 Å². The number of carbonyl (C=O) groups is 1. The van der Waals surface area contributed by atoms with Gasteiger partial charge in [-0.1, -0.05) is 17.7 Å². The van der Waals surface area contributed by atoms with Crippen LogP contribution >= 0.6 is 34.2 Å². The lowest BCUT2D eigenvalue weighted by Gasteiger charge is -2.13. The molecule has 1 unspecified atom stereocenters. The normalized spacial score (nSPS) is 16.8. The van der Waals surface area contributed by atoms with Crippen LogP contribution in [0.1, 0.15) is 23.2 Å². The summed E-state index contributed by atoms with van der Waals surface area (Å²) in [6, 6.07) is 12.6. The summed E-state index contributed by atoms with van der Waals surface area (Å²) < 4.78 is 12.1. The number of amides is 1. The molecule has 4 nitrogen and oxygen atoms in total. The minimum Gasteiger partial charge on any atom is -0.491 e. The Morgan fingerprint density at radius 1 is 1.33 bits per heavy atom. The number of anilines is 1. The average molecular weight is 458 g/mol. The van der Waals surface area contributed by atoms with Gasteiger partial charge in [0.05, 0.1) is 11.7 Å². The SMILES string of the molecule is O=C(Nc1cccc(OCC2CCCO2)c1)c1ccc(Cl)cc1I. The second-order valence-electron chi connectivity index (χ2n) is 5.55. The van der Waals surface area contributed by atoms with E-state index in [1.54, 1.807) is 18.2 Å². The monoisotopic (exact) mass is 457 g/mol. The quantitative estimate of drug-likeness (QED) is 0.659. The van der Waals surface area contributed by atoms with Gasteiger partial charge in [-0.25, -0.2) is 0 Å². The minimum atomic E-state index is -0.174. The maximum Gasteiger partial charge on any atom is 0.256 e. The highest BCUT2D eigenvalue weighted by Gasteiger charge is 2.16. The fourth-order valence-electron chi connectivity index (χ4n) is 2.50. The number of halogens is 2. The van der Waals surface area contributed by atoms with Crippen LogP contribution in [0.3, 0.4) is 0 Å². The summed E-state index contributed by atoms with van der Waals surface area (Å²) in [4.78, 5) is 12.4. The number of hydrogen-bond acceptors (Lipinski definition) is 3. The Labute approximate surface area is 159 Å². The Morgan fingerprint density at radius 3 is 2.96 bits per heavy atom. The third-order valence-electron chi connectivity index (χ3n) is 3.73. The van der Waals surface area contributed by atoms with E-state index in [0.29, 0.717) is 28.6 Å². The summed E-state index contributed by atoms with van der Waals surface area (Å²) in [5.41, 5.74) is 1.28. The number of benzene rings is 2. The molecule has 1 amide bonds. The highest BCUT2D eigenvalue weighted by atomic mass is 127. The molecule has 1 fully saturated rings. The molecule has 1 atom stereocenters. The van der Waals surface area contributed by atoms with E-state index in [0.717, 1.165) is 23.0 Å². The van der Waals surface area contributed by atoms with E-state index in [9.17, 15) is 4.79 Å². The molecule has 6 heteroatoms. The van der Waals surface area contributed by atoms with Crippen LogP contribution in [0.5, 0.6) is 5.75 Å². The summed E-state index contributed by atoms with van der Waals surface area (Å²) in [7, 11) is 0. The van der Waals surface area contributed by atoms with E-state index < -0.39 is 0 Å². The molecular formula is C18H17ClINO3. The van der Waals surface area contributed by atoms with Gasteiger partial charge in [-0.15, -0.1) is 0 Å².